The third kappa shape index (κ3) is 1.38. The molecule has 0 bridgehead atoms. The highest BCUT2D eigenvalue weighted by atomic mass is 16.4. The van der Waals surface area contributed by atoms with Crippen LogP contribution in [0.3, 0.4) is 0 Å². The molecule has 3 unspecified atom stereocenters. The van der Waals surface area contributed by atoms with Crippen molar-refractivity contribution in [1.82, 2.24) is 0 Å². The Morgan fingerprint density at radius 3 is 2.29 bits per heavy atom. The first-order valence-corrected chi connectivity index (χ1v) is 4.89. The van der Waals surface area contributed by atoms with Crippen molar-refractivity contribution in [2.45, 2.75) is 33.1 Å². The summed E-state index contributed by atoms with van der Waals surface area (Å²) in [4.78, 5) is 22.1. The van der Waals surface area contributed by atoms with Gasteiger partial charge in [-0.2, -0.15) is 0 Å². The molecule has 4 heteroatoms. The maximum absolute atomic E-state index is 11.2. The Hall–Kier alpha value is -1.06. The molecule has 0 heterocycles. The quantitative estimate of drug-likeness (QED) is 0.725. The minimum absolute atomic E-state index is 0.0499. The predicted octanol–water partition coefficient (Wildman–Crippen LogP) is 1.60. The molecule has 0 amide bonds. The van der Waals surface area contributed by atoms with Gasteiger partial charge in [0.1, 0.15) is 0 Å². The van der Waals surface area contributed by atoms with Crippen LogP contribution in [0.1, 0.15) is 33.1 Å². The van der Waals surface area contributed by atoms with Gasteiger partial charge >= 0.3 is 11.9 Å². The fourth-order valence-electron chi connectivity index (χ4n) is 2.57. The molecule has 3 atom stereocenters. The normalized spacial score (nSPS) is 34.0. The summed E-state index contributed by atoms with van der Waals surface area (Å²) in [6.45, 7) is 3.33. The lowest BCUT2D eigenvalue weighted by atomic mass is 9.69. The van der Waals surface area contributed by atoms with Crippen molar-refractivity contribution >= 4 is 11.9 Å². The molecule has 0 aromatic rings. The number of rotatable bonds is 3. The molecule has 1 saturated carbocycles. The van der Waals surface area contributed by atoms with Crippen molar-refractivity contribution in [2.75, 3.05) is 0 Å². The molecule has 0 aliphatic heterocycles. The lowest BCUT2D eigenvalue weighted by molar-refractivity contribution is -0.164. The highest BCUT2D eigenvalue weighted by Crippen LogP contribution is 2.48. The summed E-state index contributed by atoms with van der Waals surface area (Å²) < 4.78 is 0. The van der Waals surface area contributed by atoms with Crippen LogP contribution < -0.4 is 0 Å². The number of carbonyl (C=O) groups is 2. The molecule has 0 aromatic heterocycles. The molecule has 1 rings (SSSR count). The van der Waals surface area contributed by atoms with Gasteiger partial charge in [0.15, 0.2) is 0 Å². The summed E-state index contributed by atoms with van der Waals surface area (Å²) in [5, 5.41) is 18.1. The van der Waals surface area contributed by atoms with E-state index in [1.807, 2.05) is 6.92 Å². The number of carboxylic acids is 2. The van der Waals surface area contributed by atoms with Crippen LogP contribution in [-0.2, 0) is 9.59 Å². The number of hydrogen-bond donors (Lipinski definition) is 2. The van der Waals surface area contributed by atoms with E-state index < -0.39 is 23.3 Å². The summed E-state index contributed by atoms with van der Waals surface area (Å²) in [5.74, 6) is -2.83. The van der Waals surface area contributed by atoms with Gasteiger partial charge < -0.3 is 10.2 Å². The van der Waals surface area contributed by atoms with Crippen LogP contribution in [-0.4, -0.2) is 22.2 Å². The standard InChI is InChI=1S/C10H16O4/c1-6-4-3-5-10(6,9(13)14)7(2)8(11)12/h6-7H,3-5H2,1-2H3,(H,11,12)(H,13,14). The van der Waals surface area contributed by atoms with Gasteiger partial charge in [0.2, 0.25) is 0 Å². The average Bonchev–Trinajstić information content (AvgIpc) is 2.46. The molecule has 4 nitrogen and oxygen atoms in total. The first-order chi connectivity index (χ1) is 6.43. The maximum atomic E-state index is 11.2. The molecule has 0 saturated heterocycles. The molecular weight excluding hydrogens is 184 g/mol. The Morgan fingerprint density at radius 2 is 2.00 bits per heavy atom. The van der Waals surface area contributed by atoms with Crippen LogP contribution >= 0.6 is 0 Å². The summed E-state index contributed by atoms with van der Waals surface area (Å²) in [7, 11) is 0. The van der Waals surface area contributed by atoms with Gasteiger partial charge in [-0.15, -0.1) is 0 Å². The number of carboxylic acid groups (broad SMARTS) is 2. The van der Waals surface area contributed by atoms with Gasteiger partial charge in [0.05, 0.1) is 11.3 Å². The van der Waals surface area contributed by atoms with E-state index in [0.29, 0.717) is 6.42 Å². The van der Waals surface area contributed by atoms with E-state index >= 15 is 0 Å². The van der Waals surface area contributed by atoms with E-state index in [9.17, 15) is 14.7 Å². The zero-order valence-electron chi connectivity index (χ0n) is 8.49. The lowest BCUT2D eigenvalue weighted by Gasteiger charge is -2.32. The van der Waals surface area contributed by atoms with E-state index in [1.165, 1.54) is 6.92 Å². The highest BCUT2D eigenvalue weighted by Gasteiger charge is 2.53. The van der Waals surface area contributed by atoms with Crippen LogP contribution in [0.25, 0.3) is 0 Å². The van der Waals surface area contributed by atoms with Crippen molar-refractivity contribution in [1.29, 1.82) is 0 Å². The fraction of sp³-hybridized carbons (Fsp3) is 0.800. The third-order valence-electron chi connectivity index (χ3n) is 3.65. The van der Waals surface area contributed by atoms with Gasteiger partial charge in [-0.1, -0.05) is 20.3 Å². The Kier molecular flexibility index (Phi) is 2.83. The van der Waals surface area contributed by atoms with Crippen LogP contribution in [0, 0.1) is 17.3 Å². The highest BCUT2D eigenvalue weighted by molar-refractivity contribution is 5.83. The van der Waals surface area contributed by atoms with E-state index in [1.54, 1.807) is 0 Å². The van der Waals surface area contributed by atoms with E-state index in [0.717, 1.165) is 12.8 Å². The summed E-state index contributed by atoms with van der Waals surface area (Å²) >= 11 is 0. The second-order valence-electron chi connectivity index (χ2n) is 4.20. The predicted molar refractivity (Wildman–Crippen MR) is 49.9 cm³/mol. The van der Waals surface area contributed by atoms with Crippen molar-refractivity contribution < 1.29 is 19.8 Å². The lowest BCUT2D eigenvalue weighted by Crippen LogP contribution is -2.43. The van der Waals surface area contributed by atoms with Crippen molar-refractivity contribution in [3.63, 3.8) is 0 Å². The van der Waals surface area contributed by atoms with E-state index in [4.69, 9.17) is 5.11 Å². The van der Waals surface area contributed by atoms with Crippen molar-refractivity contribution in [2.24, 2.45) is 17.3 Å². The molecule has 0 aromatic carbocycles. The Morgan fingerprint density at radius 1 is 1.43 bits per heavy atom. The zero-order valence-corrected chi connectivity index (χ0v) is 8.49. The zero-order chi connectivity index (χ0) is 10.9. The monoisotopic (exact) mass is 200 g/mol. The number of aliphatic carboxylic acids is 2. The minimum Gasteiger partial charge on any atom is -0.481 e. The number of hydrogen-bond acceptors (Lipinski definition) is 2. The molecular formula is C10H16O4. The van der Waals surface area contributed by atoms with Gasteiger partial charge in [-0.25, -0.2) is 0 Å². The first-order valence-electron chi connectivity index (χ1n) is 4.89. The van der Waals surface area contributed by atoms with Gasteiger partial charge in [0, 0.05) is 0 Å². The Labute approximate surface area is 82.9 Å². The molecule has 0 radical (unpaired) electrons. The smallest absolute Gasteiger partial charge is 0.310 e. The topological polar surface area (TPSA) is 74.6 Å². The minimum atomic E-state index is -1.05. The molecule has 0 spiro atoms. The fourth-order valence-corrected chi connectivity index (χ4v) is 2.57. The van der Waals surface area contributed by atoms with E-state index in [-0.39, 0.29) is 5.92 Å². The summed E-state index contributed by atoms with van der Waals surface area (Å²) in [6, 6.07) is 0. The molecule has 80 valence electrons. The van der Waals surface area contributed by atoms with Crippen LogP contribution in [0.4, 0.5) is 0 Å². The van der Waals surface area contributed by atoms with Gasteiger partial charge in [-0.3, -0.25) is 9.59 Å². The summed E-state index contributed by atoms with van der Waals surface area (Å²) in [5.41, 5.74) is -1.05. The van der Waals surface area contributed by atoms with Gasteiger partial charge in [-0.05, 0) is 18.8 Å². The summed E-state index contributed by atoms with van der Waals surface area (Å²) in [6.07, 6.45) is 2.10. The van der Waals surface area contributed by atoms with Crippen LogP contribution in [0.5, 0.6) is 0 Å². The van der Waals surface area contributed by atoms with Crippen molar-refractivity contribution in [3.05, 3.63) is 0 Å². The molecule has 1 fully saturated rings. The second kappa shape index (κ2) is 3.59. The first kappa shape index (κ1) is 11.0. The third-order valence-corrected chi connectivity index (χ3v) is 3.65. The maximum Gasteiger partial charge on any atom is 0.310 e. The van der Waals surface area contributed by atoms with E-state index in [2.05, 4.69) is 0 Å². The van der Waals surface area contributed by atoms with Gasteiger partial charge in [0.25, 0.3) is 0 Å². The largest absolute Gasteiger partial charge is 0.481 e. The van der Waals surface area contributed by atoms with Crippen LogP contribution in [0.2, 0.25) is 0 Å². The molecule has 1 aliphatic rings. The average molecular weight is 200 g/mol. The van der Waals surface area contributed by atoms with Crippen LogP contribution in [0.15, 0.2) is 0 Å². The SMILES string of the molecule is CC1CCCC1(C(=O)O)C(C)C(=O)O. The second-order valence-corrected chi connectivity index (χ2v) is 4.20. The Bertz CT molecular complexity index is 261. The molecule has 14 heavy (non-hydrogen) atoms. The Balaban J connectivity index is 3.04. The molecule has 1 aliphatic carbocycles. The molecule has 2 N–H and O–H groups in total. The van der Waals surface area contributed by atoms with Crippen molar-refractivity contribution in [3.8, 4) is 0 Å².